The molecule has 1 N–H and O–H groups in total. The maximum absolute atomic E-state index is 10.1. The average molecular weight is 265 g/mol. The number of hydrogen-bond acceptors (Lipinski definition) is 2. The smallest absolute Gasteiger partial charge is 0.324 e. The van der Waals surface area contributed by atoms with Gasteiger partial charge in [0.25, 0.3) is 0 Å². The molecule has 8 heavy (non-hydrogen) atoms. The molecule has 0 aliphatic rings. The molecule has 0 amide bonds. The van der Waals surface area contributed by atoms with Crippen LogP contribution in [0.5, 0.6) is 0 Å². The standard InChI is InChI=1S/C3H9O3P.Pr/c1-3-6-7(2,4)5;/h3H2,1-2H3,(H,4,5);. The second-order valence-electron chi connectivity index (χ2n) is 1.22. The zero-order valence-corrected chi connectivity index (χ0v) is 9.59. The average Bonchev–Trinajstić information content (AvgIpc) is 1.30. The molecular formula is C3H9O3PPr. The maximum atomic E-state index is 10.1. The molecule has 0 saturated carbocycles. The van der Waals surface area contributed by atoms with Gasteiger partial charge in [-0.2, -0.15) is 0 Å². The van der Waals surface area contributed by atoms with Gasteiger partial charge in [-0.15, -0.1) is 0 Å². The molecule has 0 fully saturated rings. The Labute approximate surface area is 82.3 Å². The first-order valence-electron chi connectivity index (χ1n) is 2.01. The fourth-order valence-corrected chi connectivity index (χ4v) is 0.719. The van der Waals surface area contributed by atoms with E-state index in [1.165, 1.54) is 0 Å². The van der Waals surface area contributed by atoms with Gasteiger partial charge in [0.1, 0.15) is 0 Å². The van der Waals surface area contributed by atoms with E-state index in [2.05, 4.69) is 4.52 Å². The Balaban J connectivity index is 0. The van der Waals surface area contributed by atoms with Gasteiger partial charge in [0, 0.05) is 48.0 Å². The Bertz CT molecular complexity index is 88.5. The third-order valence-corrected chi connectivity index (χ3v) is 1.11. The van der Waals surface area contributed by atoms with E-state index in [1.54, 1.807) is 6.92 Å². The molecule has 0 aliphatic carbocycles. The molecule has 1 unspecified atom stereocenters. The Morgan fingerprint density at radius 1 is 1.75 bits per heavy atom. The molecule has 0 aliphatic heterocycles. The zero-order valence-electron chi connectivity index (χ0n) is 5.00. The first-order chi connectivity index (χ1) is 3.06. The Morgan fingerprint density at radius 2 is 2.12 bits per heavy atom. The van der Waals surface area contributed by atoms with Crippen molar-refractivity contribution in [3.8, 4) is 0 Å². The van der Waals surface area contributed by atoms with Crippen molar-refractivity contribution in [1.29, 1.82) is 0 Å². The molecule has 0 spiro atoms. The van der Waals surface area contributed by atoms with Crippen LogP contribution in [-0.2, 0) is 9.09 Å². The van der Waals surface area contributed by atoms with Crippen molar-refractivity contribution in [3.05, 3.63) is 0 Å². The van der Waals surface area contributed by atoms with Gasteiger partial charge < -0.3 is 9.42 Å². The van der Waals surface area contributed by atoms with E-state index < -0.39 is 7.60 Å². The van der Waals surface area contributed by atoms with Crippen LogP contribution in [0.4, 0.5) is 0 Å². The van der Waals surface area contributed by atoms with Gasteiger partial charge >= 0.3 is 7.60 Å². The van der Waals surface area contributed by atoms with E-state index >= 15 is 0 Å². The molecule has 0 aromatic rings. The van der Waals surface area contributed by atoms with Gasteiger partial charge in [0.05, 0.1) is 6.61 Å². The fourth-order valence-electron chi connectivity index (χ4n) is 0.240. The molecule has 0 heterocycles. The van der Waals surface area contributed by atoms with Crippen molar-refractivity contribution >= 4 is 7.60 Å². The Kier molecular flexibility index (Phi) is 8.11. The van der Waals surface area contributed by atoms with E-state index in [0.29, 0.717) is 6.61 Å². The van der Waals surface area contributed by atoms with Crippen molar-refractivity contribution in [1.82, 2.24) is 0 Å². The summed E-state index contributed by atoms with van der Waals surface area (Å²) in [6, 6.07) is 0. The van der Waals surface area contributed by atoms with Crippen LogP contribution in [0.1, 0.15) is 6.92 Å². The van der Waals surface area contributed by atoms with Crippen LogP contribution in [0.2, 0.25) is 0 Å². The van der Waals surface area contributed by atoms with Gasteiger partial charge in [-0.1, -0.05) is 0 Å². The molecule has 1 radical (unpaired) electrons. The van der Waals surface area contributed by atoms with Crippen LogP contribution in [0, 0.1) is 41.3 Å². The van der Waals surface area contributed by atoms with Gasteiger partial charge in [-0.05, 0) is 6.92 Å². The van der Waals surface area contributed by atoms with Crippen molar-refractivity contribution in [2.45, 2.75) is 6.92 Å². The minimum absolute atomic E-state index is 0. The van der Waals surface area contributed by atoms with Crippen molar-refractivity contribution < 1.29 is 55.3 Å². The summed E-state index contributed by atoms with van der Waals surface area (Å²) in [4.78, 5) is 8.35. The number of rotatable bonds is 2. The van der Waals surface area contributed by atoms with Crippen LogP contribution >= 0.6 is 7.60 Å². The topological polar surface area (TPSA) is 46.5 Å². The summed E-state index contributed by atoms with van der Waals surface area (Å²) < 4.78 is 14.5. The van der Waals surface area contributed by atoms with Crippen LogP contribution in [0.15, 0.2) is 0 Å². The molecule has 47 valence electrons. The normalized spacial score (nSPS) is 16.4. The van der Waals surface area contributed by atoms with Gasteiger partial charge in [-0.3, -0.25) is 4.57 Å². The monoisotopic (exact) mass is 265 g/mol. The first-order valence-corrected chi connectivity index (χ1v) is 4.03. The molecule has 0 bridgehead atoms. The molecule has 3 nitrogen and oxygen atoms in total. The van der Waals surface area contributed by atoms with Crippen LogP contribution < -0.4 is 0 Å². The second kappa shape index (κ2) is 5.31. The van der Waals surface area contributed by atoms with Crippen molar-refractivity contribution in [2.75, 3.05) is 13.3 Å². The molecule has 0 rings (SSSR count). The predicted octanol–water partition coefficient (Wildman–Crippen LogP) is 0.838. The summed E-state index contributed by atoms with van der Waals surface area (Å²) in [5.41, 5.74) is 0. The summed E-state index contributed by atoms with van der Waals surface area (Å²) >= 11 is 0. The van der Waals surface area contributed by atoms with E-state index in [1.807, 2.05) is 0 Å². The predicted molar refractivity (Wildman–Crippen MR) is 27.4 cm³/mol. The van der Waals surface area contributed by atoms with E-state index in [0.717, 1.165) is 6.66 Å². The zero-order chi connectivity index (χ0) is 5.91. The third-order valence-electron chi connectivity index (χ3n) is 0.369. The van der Waals surface area contributed by atoms with Crippen LogP contribution in [0.25, 0.3) is 0 Å². The van der Waals surface area contributed by atoms with E-state index in [4.69, 9.17) is 4.89 Å². The minimum atomic E-state index is -3.17. The second-order valence-corrected chi connectivity index (χ2v) is 3.08. The van der Waals surface area contributed by atoms with E-state index in [9.17, 15) is 4.57 Å². The molecule has 0 saturated heterocycles. The SMILES string of the molecule is CCOP(C)(=O)O.[Pr]. The maximum Gasteiger partial charge on any atom is 0.325 e. The van der Waals surface area contributed by atoms with Gasteiger partial charge in [0.15, 0.2) is 0 Å². The summed E-state index contributed by atoms with van der Waals surface area (Å²) in [7, 11) is -3.17. The summed E-state index contributed by atoms with van der Waals surface area (Å²) in [6.45, 7) is 3.13. The fraction of sp³-hybridized carbons (Fsp3) is 1.00. The van der Waals surface area contributed by atoms with Crippen LogP contribution in [0.3, 0.4) is 0 Å². The summed E-state index contributed by atoms with van der Waals surface area (Å²) in [6.07, 6.45) is 0. The quantitative estimate of drug-likeness (QED) is 0.752. The molecule has 0 aromatic heterocycles. The Morgan fingerprint density at radius 3 is 2.12 bits per heavy atom. The minimum Gasteiger partial charge on any atom is -0.324 e. The molecular weight excluding hydrogens is 256 g/mol. The van der Waals surface area contributed by atoms with Crippen molar-refractivity contribution in [3.63, 3.8) is 0 Å². The molecule has 5 heteroatoms. The van der Waals surface area contributed by atoms with E-state index in [-0.39, 0.29) is 41.3 Å². The summed E-state index contributed by atoms with van der Waals surface area (Å²) in [5.74, 6) is 0. The van der Waals surface area contributed by atoms with Crippen LogP contribution in [-0.4, -0.2) is 18.2 Å². The number of hydrogen-bond donors (Lipinski definition) is 1. The summed E-state index contributed by atoms with van der Waals surface area (Å²) in [5, 5.41) is 0. The van der Waals surface area contributed by atoms with Gasteiger partial charge in [0.2, 0.25) is 0 Å². The Hall–Kier alpha value is 1.51. The van der Waals surface area contributed by atoms with Gasteiger partial charge in [-0.25, -0.2) is 0 Å². The third kappa shape index (κ3) is 10.5. The molecule has 0 aromatic carbocycles. The largest absolute Gasteiger partial charge is 0.325 e. The molecule has 1 atom stereocenters. The first kappa shape index (κ1) is 12.2. The van der Waals surface area contributed by atoms with Crippen molar-refractivity contribution in [2.24, 2.45) is 0 Å².